The van der Waals surface area contributed by atoms with Crippen LogP contribution in [0.3, 0.4) is 0 Å². The number of piperidine rings is 1. The molecule has 2 atom stereocenters. The van der Waals surface area contributed by atoms with Gasteiger partial charge >= 0.3 is 0 Å². The van der Waals surface area contributed by atoms with Crippen LogP contribution in [0.4, 0.5) is 0 Å². The maximum atomic E-state index is 10.3. The summed E-state index contributed by atoms with van der Waals surface area (Å²) in [6.07, 6.45) is 3.53. The van der Waals surface area contributed by atoms with Crippen LogP contribution in [0, 0.1) is 10.8 Å². The average molecular weight is 156 g/mol. The number of rotatable bonds is 2. The molecule has 3 heteroatoms. The lowest BCUT2D eigenvalue weighted by molar-refractivity contribution is 0.118. The third kappa shape index (κ3) is 1.91. The van der Waals surface area contributed by atoms with Crippen LogP contribution in [0.25, 0.3) is 0 Å². The summed E-state index contributed by atoms with van der Waals surface area (Å²) in [5, 5.41) is 4.69. The number of nitrogens with zero attached hydrogens (tertiary/aromatic N) is 2. The van der Waals surface area contributed by atoms with E-state index >= 15 is 0 Å². The van der Waals surface area contributed by atoms with Gasteiger partial charge in [-0.25, -0.2) is 0 Å². The molecule has 1 aliphatic heterocycles. The lowest BCUT2D eigenvalue weighted by Crippen LogP contribution is -2.37. The van der Waals surface area contributed by atoms with E-state index in [1.165, 1.54) is 12.8 Å². The molecule has 0 aromatic rings. The van der Waals surface area contributed by atoms with Crippen molar-refractivity contribution in [1.29, 1.82) is 0 Å². The standard InChI is InChI=1S/C8H16N2O/c1-3-8-5-4-7(2)10(6-8)9-11/h7-8H,3-6H2,1-2H3/t7-,8+/m0/s1. The largest absolute Gasteiger partial charge is 0.258 e. The first-order chi connectivity index (χ1) is 5.27. The Labute approximate surface area is 67.7 Å². The van der Waals surface area contributed by atoms with Crippen LogP contribution in [0.1, 0.15) is 33.1 Å². The van der Waals surface area contributed by atoms with Gasteiger partial charge in [0, 0.05) is 12.6 Å². The molecule has 0 spiro atoms. The van der Waals surface area contributed by atoms with Crippen molar-refractivity contribution >= 4 is 0 Å². The fourth-order valence-electron chi connectivity index (χ4n) is 1.61. The highest BCUT2D eigenvalue weighted by Gasteiger charge is 2.23. The van der Waals surface area contributed by atoms with E-state index in [4.69, 9.17) is 0 Å². The summed E-state index contributed by atoms with van der Waals surface area (Å²) in [5.74, 6) is 0.684. The van der Waals surface area contributed by atoms with Crippen LogP contribution in [0.15, 0.2) is 5.29 Å². The molecule has 1 saturated heterocycles. The lowest BCUT2D eigenvalue weighted by atomic mass is 9.93. The van der Waals surface area contributed by atoms with E-state index in [2.05, 4.69) is 19.1 Å². The fourth-order valence-corrected chi connectivity index (χ4v) is 1.61. The predicted octanol–water partition coefficient (Wildman–Crippen LogP) is 2.18. The average Bonchev–Trinajstić information content (AvgIpc) is 2.05. The van der Waals surface area contributed by atoms with Gasteiger partial charge in [-0.3, -0.25) is 5.01 Å². The van der Waals surface area contributed by atoms with Crippen molar-refractivity contribution in [2.75, 3.05) is 6.54 Å². The highest BCUT2D eigenvalue weighted by Crippen LogP contribution is 2.23. The predicted molar refractivity (Wildman–Crippen MR) is 45.0 cm³/mol. The third-order valence-corrected chi connectivity index (χ3v) is 2.63. The zero-order valence-corrected chi connectivity index (χ0v) is 7.29. The normalized spacial score (nSPS) is 32.0. The molecule has 0 aromatic carbocycles. The first kappa shape index (κ1) is 8.50. The summed E-state index contributed by atoms with van der Waals surface area (Å²) in [7, 11) is 0. The molecule has 1 fully saturated rings. The van der Waals surface area contributed by atoms with Crippen LogP contribution in [-0.2, 0) is 0 Å². The smallest absolute Gasteiger partial charge is 0.0526 e. The third-order valence-electron chi connectivity index (χ3n) is 2.63. The SMILES string of the molecule is CC[C@@H]1CC[C@H](C)N(N=O)C1. The summed E-state index contributed by atoms with van der Waals surface area (Å²) in [6, 6.07) is 0.357. The summed E-state index contributed by atoms with van der Waals surface area (Å²) in [4.78, 5) is 10.3. The Kier molecular flexibility index (Phi) is 2.85. The Bertz CT molecular complexity index is 138. The van der Waals surface area contributed by atoms with Gasteiger partial charge in [0.1, 0.15) is 0 Å². The van der Waals surface area contributed by atoms with Crippen LogP contribution in [-0.4, -0.2) is 17.6 Å². The van der Waals surface area contributed by atoms with Crippen LogP contribution in [0.2, 0.25) is 0 Å². The molecular formula is C8H16N2O. The van der Waals surface area contributed by atoms with Gasteiger partial charge in [-0.15, -0.1) is 4.91 Å². The molecule has 0 amide bonds. The summed E-state index contributed by atoms with van der Waals surface area (Å²) >= 11 is 0. The molecule has 0 aliphatic carbocycles. The molecule has 0 unspecified atom stereocenters. The van der Waals surface area contributed by atoms with E-state index in [0.717, 1.165) is 13.0 Å². The van der Waals surface area contributed by atoms with E-state index in [0.29, 0.717) is 12.0 Å². The Morgan fingerprint density at radius 3 is 2.82 bits per heavy atom. The Balaban J connectivity index is 2.43. The Hall–Kier alpha value is -0.600. The molecule has 0 N–H and O–H groups in total. The minimum Gasteiger partial charge on any atom is -0.258 e. The van der Waals surface area contributed by atoms with Gasteiger partial charge in [0.15, 0.2) is 0 Å². The number of hydrogen-bond donors (Lipinski definition) is 0. The highest BCUT2D eigenvalue weighted by atomic mass is 16.3. The van der Waals surface area contributed by atoms with Crippen molar-refractivity contribution in [3.63, 3.8) is 0 Å². The van der Waals surface area contributed by atoms with Crippen molar-refractivity contribution in [3.05, 3.63) is 4.91 Å². The van der Waals surface area contributed by atoms with Crippen molar-refractivity contribution < 1.29 is 0 Å². The van der Waals surface area contributed by atoms with Gasteiger partial charge in [0.2, 0.25) is 0 Å². The molecule has 1 heterocycles. The maximum Gasteiger partial charge on any atom is 0.0526 e. The molecular weight excluding hydrogens is 140 g/mol. The van der Waals surface area contributed by atoms with Gasteiger partial charge < -0.3 is 0 Å². The molecule has 0 bridgehead atoms. The summed E-state index contributed by atoms with van der Waals surface area (Å²) in [6.45, 7) is 5.10. The molecule has 64 valence electrons. The van der Waals surface area contributed by atoms with E-state index in [9.17, 15) is 4.91 Å². The van der Waals surface area contributed by atoms with E-state index in [1.807, 2.05) is 0 Å². The lowest BCUT2D eigenvalue weighted by Gasteiger charge is -2.32. The topological polar surface area (TPSA) is 32.7 Å². The Morgan fingerprint density at radius 1 is 1.55 bits per heavy atom. The number of hydrogen-bond acceptors (Lipinski definition) is 2. The second kappa shape index (κ2) is 3.69. The van der Waals surface area contributed by atoms with Gasteiger partial charge in [-0.1, -0.05) is 13.3 Å². The van der Waals surface area contributed by atoms with Gasteiger partial charge in [0.05, 0.1) is 5.29 Å². The molecule has 0 radical (unpaired) electrons. The van der Waals surface area contributed by atoms with Crippen LogP contribution >= 0.6 is 0 Å². The zero-order valence-electron chi connectivity index (χ0n) is 7.29. The van der Waals surface area contributed by atoms with Gasteiger partial charge in [0.25, 0.3) is 0 Å². The molecule has 0 saturated carbocycles. The molecule has 11 heavy (non-hydrogen) atoms. The van der Waals surface area contributed by atoms with Crippen molar-refractivity contribution in [2.45, 2.75) is 39.2 Å². The van der Waals surface area contributed by atoms with E-state index < -0.39 is 0 Å². The highest BCUT2D eigenvalue weighted by molar-refractivity contribution is 4.75. The quantitative estimate of drug-likeness (QED) is 0.574. The summed E-state index contributed by atoms with van der Waals surface area (Å²) in [5.41, 5.74) is 0. The maximum absolute atomic E-state index is 10.3. The minimum atomic E-state index is 0.357. The van der Waals surface area contributed by atoms with Crippen molar-refractivity contribution in [3.8, 4) is 0 Å². The van der Waals surface area contributed by atoms with Crippen molar-refractivity contribution in [2.24, 2.45) is 11.2 Å². The van der Waals surface area contributed by atoms with Crippen LogP contribution < -0.4 is 0 Å². The second-order valence-corrected chi connectivity index (χ2v) is 3.40. The monoisotopic (exact) mass is 156 g/mol. The summed E-state index contributed by atoms with van der Waals surface area (Å²) < 4.78 is 0. The molecule has 3 nitrogen and oxygen atoms in total. The van der Waals surface area contributed by atoms with E-state index in [-0.39, 0.29) is 0 Å². The first-order valence-corrected chi connectivity index (χ1v) is 4.37. The fraction of sp³-hybridized carbons (Fsp3) is 1.00. The minimum absolute atomic E-state index is 0.357. The van der Waals surface area contributed by atoms with Crippen molar-refractivity contribution in [1.82, 2.24) is 5.01 Å². The zero-order chi connectivity index (χ0) is 8.27. The molecule has 1 aliphatic rings. The van der Waals surface area contributed by atoms with Gasteiger partial charge in [-0.05, 0) is 25.7 Å². The Morgan fingerprint density at radius 2 is 2.27 bits per heavy atom. The van der Waals surface area contributed by atoms with Gasteiger partial charge in [-0.2, -0.15) is 0 Å². The first-order valence-electron chi connectivity index (χ1n) is 4.37. The molecule has 0 aromatic heterocycles. The van der Waals surface area contributed by atoms with Crippen LogP contribution in [0.5, 0.6) is 0 Å². The second-order valence-electron chi connectivity index (χ2n) is 3.40. The number of nitroso groups, excluding NO2 is 1. The molecule has 1 rings (SSSR count). The van der Waals surface area contributed by atoms with E-state index in [1.54, 1.807) is 5.01 Å².